The van der Waals surface area contributed by atoms with Gasteiger partial charge in [-0.3, -0.25) is 4.79 Å². The number of hydrogen-bond acceptors (Lipinski definition) is 10. The van der Waals surface area contributed by atoms with E-state index in [1.165, 1.54) is 411 Å². The normalized spacial score (nSPS) is 11.0. The molecule has 0 aliphatic rings. The minimum atomic E-state index is -0.125. The first-order chi connectivity index (χ1) is 62.1. The van der Waals surface area contributed by atoms with Crippen molar-refractivity contribution in [3.8, 4) is 79.3 Å². The van der Waals surface area contributed by atoms with Crippen molar-refractivity contribution in [2.24, 2.45) is 0 Å². The van der Waals surface area contributed by atoms with Gasteiger partial charge in [-0.15, -0.1) is 11.1 Å². The van der Waals surface area contributed by atoms with Crippen LogP contribution in [0.1, 0.15) is 474 Å². The number of nitrogens with zero attached hydrogens (tertiary/aromatic N) is 2. The fourth-order valence-corrected chi connectivity index (χ4v) is 16.8. The summed E-state index contributed by atoms with van der Waals surface area (Å²) in [5, 5.41) is 8.36. The molecular formula is C117H192Ir2N2O10-2. The summed E-state index contributed by atoms with van der Waals surface area (Å²) in [5.74, 6) is 4.24. The fraction of sp³-hybridized carbons (Fsp3) is 0.684. The van der Waals surface area contributed by atoms with E-state index in [1.54, 1.807) is 0 Å². The number of aromatic nitrogens is 2. The number of ketones is 1. The summed E-state index contributed by atoms with van der Waals surface area (Å²) in [7, 11) is 0. The third-order valence-corrected chi connectivity index (χ3v) is 25.4. The number of carbonyl (C=O) groups excluding carboxylic acids is 1. The SMILES string of the molecule is CC(=O)C=C(C)O.CCCCCCCCCCCCOc1[c-]c(-c2ccc(-c3cc(C)c(C)c(C)c3)cn2)cc(OCCCCCCCCCCCC)c1OCCCCCCCCCCCC.CCCCCCCCCCCCOc1[c-]c(-c2ccc(-c3cc(C)c(C)c(C)c3)cn2)cc(OCCCCCCCCCCCC)c1OCCCCCCCCCCCC.O.O.[Ir].[Ir]. The number of rotatable bonds is 77. The van der Waals surface area contributed by atoms with Crippen LogP contribution in [0, 0.1) is 53.7 Å². The Morgan fingerprint density at radius 2 is 0.496 bits per heavy atom. The first-order valence-electron chi connectivity index (χ1n) is 53.0. The van der Waals surface area contributed by atoms with Crippen LogP contribution in [0.25, 0.3) is 44.8 Å². The molecule has 0 spiro atoms. The summed E-state index contributed by atoms with van der Waals surface area (Å²) in [5.41, 5.74) is 16.1. The number of allylic oxidation sites excluding steroid dienone is 2. The fourth-order valence-electron chi connectivity index (χ4n) is 16.8. The van der Waals surface area contributed by atoms with E-state index in [4.69, 9.17) is 43.5 Å². The summed E-state index contributed by atoms with van der Waals surface area (Å²) in [6, 6.07) is 29.1. The maximum atomic E-state index is 10.0. The zero-order valence-corrected chi connectivity index (χ0v) is 90.8. The molecule has 2 heterocycles. The molecule has 0 aliphatic carbocycles. The Balaban J connectivity index is 0.00000233. The van der Waals surface area contributed by atoms with E-state index in [-0.39, 0.29) is 62.7 Å². The Morgan fingerprint density at radius 3 is 0.687 bits per heavy atom. The molecule has 131 heavy (non-hydrogen) atoms. The molecule has 14 heteroatoms. The van der Waals surface area contributed by atoms with Crippen molar-refractivity contribution >= 4 is 5.78 Å². The summed E-state index contributed by atoms with van der Waals surface area (Å²) in [4.78, 5) is 20.0. The molecule has 2 aromatic heterocycles. The van der Waals surface area contributed by atoms with E-state index < -0.39 is 0 Å². The van der Waals surface area contributed by atoms with Gasteiger partial charge in [-0.05, 0) is 161 Å². The minimum absolute atomic E-state index is 0. The molecule has 0 saturated heterocycles. The second-order valence-electron chi connectivity index (χ2n) is 37.3. The van der Waals surface area contributed by atoms with Gasteiger partial charge in [0.05, 0.1) is 68.4 Å². The number of aryl methyl sites for hydroxylation is 4. The number of pyridine rings is 2. The molecule has 750 valence electrons. The number of hydrogen-bond donors (Lipinski definition) is 1. The van der Waals surface area contributed by atoms with E-state index in [2.05, 4.69) is 156 Å². The Bertz CT molecular complexity index is 3360. The monoisotopic (exact) mass is 2170 g/mol. The number of aliphatic hydroxyl groups is 1. The van der Waals surface area contributed by atoms with Crippen LogP contribution in [0.15, 0.2) is 84.9 Å². The van der Waals surface area contributed by atoms with Crippen molar-refractivity contribution in [1.82, 2.24) is 9.97 Å². The predicted molar refractivity (Wildman–Crippen MR) is 555 cm³/mol. The molecule has 12 nitrogen and oxygen atoms in total. The Hall–Kier alpha value is -5.59. The maximum Gasteiger partial charge on any atom is 0.155 e. The van der Waals surface area contributed by atoms with Gasteiger partial charge in [0.2, 0.25) is 0 Å². The first kappa shape index (κ1) is 125. The molecule has 0 bridgehead atoms. The maximum absolute atomic E-state index is 10.0. The van der Waals surface area contributed by atoms with Crippen molar-refractivity contribution in [3.63, 3.8) is 0 Å². The van der Waals surface area contributed by atoms with Crippen molar-refractivity contribution in [2.75, 3.05) is 39.6 Å². The van der Waals surface area contributed by atoms with E-state index in [0.717, 1.165) is 95.2 Å². The van der Waals surface area contributed by atoms with Crippen LogP contribution in [-0.2, 0) is 45.0 Å². The standard InChI is InChI=1S/2C56H90NO3.C5H8O2.2Ir.2H2O/c2*1-7-10-13-16-19-22-25-28-31-34-39-58-54-44-52(53-38-37-50(46-57-53)51-42-47(4)49(6)48(5)43-51)45-55(59-40-35-32-29-26-23-20-17-14-11-8-2)56(54)60-41-36-33-30-27-24-21-18-15-12-9-3;1-4(6)3-5(2)7;;;;/h2*37-38,42-44,46H,7-36,39-41H2,1-6H3;3,6H,1-2H3;;;2*1H2/q2*-1;;;;;. The van der Waals surface area contributed by atoms with Gasteiger partial charge in [-0.1, -0.05) is 461 Å². The zero-order chi connectivity index (χ0) is 91.6. The Labute approximate surface area is 830 Å². The molecule has 0 saturated carbocycles. The average Bonchev–Trinajstić information content (AvgIpc) is 0.801. The van der Waals surface area contributed by atoms with Crippen molar-refractivity contribution in [2.45, 2.75) is 482 Å². The molecule has 2 radical (unpaired) electrons. The van der Waals surface area contributed by atoms with Crippen LogP contribution >= 0.6 is 0 Å². The van der Waals surface area contributed by atoms with Gasteiger partial charge >= 0.3 is 0 Å². The summed E-state index contributed by atoms with van der Waals surface area (Å²) < 4.78 is 39.8. The minimum Gasteiger partial charge on any atom is -0.529 e. The van der Waals surface area contributed by atoms with Crippen molar-refractivity contribution in [3.05, 3.63) is 130 Å². The third-order valence-electron chi connectivity index (χ3n) is 25.4. The summed E-state index contributed by atoms with van der Waals surface area (Å²) >= 11 is 0. The average molecular weight is 2170 g/mol. The molecule has 0 amide bonds. The van der Waals surface area contributed by atoms with Gasteiger partial charge in [-0.25, -0.2) is 0 Å². The number of ether oxygens (including phenoxy) is 6. The van der Waals surface area contributed by atoms with Crippen LogP contribution in [0.2, 0.25) is 0 Å². The number of unbranched alkanes of at least 4 members (excludes halogenated alkanes) is 54. The van der Waals surface area contributed by atoms with E-state index >= 15 is 0 Å². The first-order valence-corrected chi connectivity index (χ1v) is 53.0. The molecule has 6 aromatic rings. The van der Waals surface area contributed by atoms with Crippen LogP contribution in [0.3, 0.4) is 0 Å². The van der Waals surface area contributed by atoms with Crippen molar-refractivity contribution < 1.29 is 89.5 Å². The van der Waals surface area contributed by atoms with Crippen molar-refractivity contribution in [1.29, 1.82) is 0 Å². The Kier molecular flexibility index (Phi) is 81.3. The molecular weight excluding hydrogens is 1980 g/mol. The van der Waals surface area contributed by atoms with Crippen LogP contribution in [0.4, 0.5) is 0 Å². The molecule has 6 rings (SSSR count). The second kappa shape index (κ2) is 84.9. The smallest absolute Gasteiger partial charge is 0.155 e. The van der Waals surface area contributed by atoms with Gasteiger partial charge in [0.15, 0.2) is 5.78 Å². The van der Waals surface area contributed by atoms with E-state index in [1.807, 2.05) is 12.4 Å². The molecule has 0 atom stereocenters. The Morgan fingerprint density at radius 1 is 0.290 bits per heavy atom. The van der Waals surface area contributed by atoms with Gasteiger partial charge in [0, 0.05) is 58.7 Å². The number of aliphatic hydroxyl groups excluding tert-OH is 1. The second-order valence-corrected chi connectivity index (χ2v) is 37.3. The number of carbonyl (C=O) groups is 1. The topological polar surface area (TPSA) is 181 Å². The van der Waals surface area contributed by atoms with Gasteiger partial charge < -0.3 is 54.4 Å². The van der Waals surface area contributed by atoms with Gasteiger partial charge in [-0.2, -0.15) is 0 Å². The van der Waals surface area contributed by atoms with Crippen LogP contribution in [-0.4, -0.2) is 71.5 Å². The van der Waals surface area contributed by atoms with Crippen LogP contribution in [0.5, 0.6) is 34.5 Å². The van der Waals surface area contributed by atoms with E-state index in [9.17, 15) is 4.79 Å². The number of benzene rings is 4. The van der Waals surface area contributed by atoms with Crippen LogP contribution < -0.4 is 28.4 Å². The third kappa shape index (κ3) is 59.9. The molecule has 4 aromatic carbocycles. The molecule has 5 N–H and O–H groups in total. The molecule has 0 aliphatic heterocycles. The molecule has 0 unspecified atom stereocenters. The predicted octanol–water partition coefficient (Wildman–Crippen LogP) is 35.5. The largest absolute Gasteiger partial charge is 0.529 e. The summed E-state index contributed by atoms with van der Waals surface area (Å²) in [6.45, 7) is 33.7. The van der Waals surface area contributed by atoms with Gasteiger partial charge in [0.25, 0.3) is 0 Å². The summed E-state index contributed by atoms with van der Waals surface area (Å²) in [6.07, 6.45) is 83.3. The quantitative estimate of drug-likeness (QED) is 0.0167. The molecule has 0 fully saturated rings. The van der Waals surface area contributed by atoms with E-state index in [0.29, 0.717) is 51.1 Å². The van der Waals surface area contributed by atoms with Gasteiger partial charge in [0.1, 0.15) is 11.5 Å². The zero-order valence-electron chi connectivity index (χ0n) is 86.0.